The fourth-order valence-electron chi connectivity index (χ4n) is 2.08. The molecule has 1 atom stereocenters. The van der Waals surface area contributed by atoms with Gasteiger partial charge >= 0.3 is 5.97 Å². The highest BCUT2D eigenvalue weighted by Crippen LogP contribution is 2.07. The third-order valence-electron chi connectivity index (χ3n) is 3.32. The molecule has 2 amide bonds. The number of hydrogen-bond acceptors (Lipinski definition) is 5. The number of furan rings is 1. The summed E-state index contributed by atoms with van der Waals surface area (Å²) in [6.07, 6.45) is 5.09. The smallest absolute Gasteiger partial charge is 0.310 e. The fourth-order valence-corrected chi connectivity index (χ4v) is 2.08. The summed E-state index contributed by atoms with van der Waals surface area (Å²) < 4.78 is 9.85. The van der Waals surface area contributed by atoms with Crippen molar-refractivity contribution in [1.29, 1.82) is 0 Å². The van der Waals surface area contributed by atoms with Gasteiger partial charge < -0.3 is 19.4 Å². The highest BCUT2D eigenvalue weighted by Gasteiger charge is 2.20. The van der Waals surface area contributed by atoms with Crippen molar-refractivity contribution in [3.8, 4) is 0 Å². The topological polar surface area (TPSA) is 88.9 Å². The number of carbonyl (C=O) groups excluding carboxylic acids is 3. The molecule has 1 aromatic rings. The molecule has 1 heterocycles. The molecule has 0 saturated carbocycles. The van der Waals surface area contributed by atoms with Crippen molar-refractivity contribution < 1.29 is 23.5 Å². The van der Waals surface area contributed by atoms with Gasteiger partial charge in [0, 0.05) is 32.6 Å². The van der Waals surface area contributed by atoms with E-state index in [1.54, 1.807) is 30.0 Å². The first-order valence-corrected chi connectivity index (χ1v) is 7.76. The van der Waals surface area contributed by atoms with Crippen molar-refractivity contribution in [2.75, 3.05) is 26.7 Å². The lowest BCUT2D eigenvalue weighted by Crippen LogP contribution is -2.38. The number of carbonyl (C=O) groups is 3. The van der Waals surface area contributed by atoms with Crippen molar-refractivity contribution in [3.05, 3.63) is 30.2 Å². The maximum absolute atomic E-state index is 12.4. The molecule has 132 valence electrons. The van der Waals surface area contributed by atoms with Gasteiger partial charge in [-0.05, 0) is 24.6 Å². The molecule has 1 rings (SSSR count). The minimum absolute atomic E-state index is 0.117. The number of methoxy groups -OCH3 is 1. The second kappa shape index (κ2) is 10.3. The summed E-state index contributed by atoms with van der Waals surface area (Å²) in [5, 5.41) is 2.68. The van der Waals surface area contributed by atoms with Gasteiger partial charge in [-0.2, -0.15) is 0 Å². The average Bonchev–Trinajstić information content (AvgIpc) is 3.07. The standard InChI is InChI=1S/C17H24N2O5/c1-13(17(22)23-3)12-19(10-5-9-18-14(2)20)16(21)8-7-15-6-4-11-24-15/h4,6-8,11,13H,5,9-10,12H2,1-3H3,(H,18,20)/b8-7+. The van der Waals surface area contributed by atoms with Gasteiger partial charge in [0.2, 0.25) is 11.8 Å². The lowest BCUT2D eigenvalue weighted by atomic mass is 10.1. The molecule has 7 heteroatoms. The average molecular weight is 336 g/mol. The van der Waals surface area contributed by atoms with Crippen LogP contribution in [-0.4, -0.2) is 49.4 Å². The fraction of sp³-hybridized carbons (Fsp3) is 0.471. The van der Waals surface area contributed by atoms with Crippen LogP contribution >= 0.6 is 0 Å². The molecule has 0 radical (unpaired) electrons. The first kappa shape index (κ1) is 19.5. The van der Waals surface area contributed by atoms with Crippen LogP contribution in [-0.2, 0) is 19.1 Å². The molecular weight excluding hydrogens is 312 g/mol. The van der Waals surface area contributed by atoms with Gasteiger partial charge in [0.25, 0.3) is 0 Å². The van der Waals surface area contributed by atoms with Crippen LogP contribution < -0.4 is 5.32 Å². The van der Waals surface area contributed by atoms with E-state index in [4.69, 9.17) is 9.15 Å². The molecule has 0 aliphatic rings. The van der Waals surface area contributed by atoms with Crippen LogP contribution in [0, 0.1) is 5.92 Å². The lowest BCUT2D eigenvalue weighted by Gasteiger charge is -2.24. The largest absolute Gasteiger partial charge is 0.469 e. The molecule has 24 heavy (non-hydrogen) atoms. The van der Waals surface area contributed by atoms with Crippen LogP contribution in [0.15, 0.2) is 28.9 Å². The van der Waals surface area contributed by atoms with Gasteiger partial charge in [0.15, 0.2) is 0 Å². The molecule has 0 saturated heterocycles. The number of hydrogen-bond donors (Lipinski definition) is 1. The Labute approximate surface area is 141 Å². The molecule has 0 spiro atoms. The molecule has 0 bridgehead atoms. The third-order valence-corrected chi connectivity index (χ3v) is 3.32. The Bertz CT molecular complexity index is 566. The first-order valence-electron chi connectivity index (χ1n) is 7.76. The summed E-state index contributed by atoms with van der Waals surface area (Å²) in [4.78, 5) is 36.4. The van der Waals surface area contributed by atoms with Crippen LogP contribution in [0.1, 0.15) is 26.0 Å². The molecular formula is C17H24N2O5. The predicted octanol–water partition coefficient (Wildman–Crippen LogP) is 1.46. The van der Waals surface area contributed by atoms with E-state index in [1.165, 1.54) is 26.4 Å². The van der Waals surface area contributed by atoms with Crippen LogP contribution in [0.25, 0.3) is 6.08 Å². The van der Waals surface area contributed by atoms with E-state index in [2.05, 4.69) is 5.32 Å². The molecule has 0 fully saturated rings. The van der Waals surface area contributed by atoms with E-state index in [9.17, 15) is 14.4 Å². The second-order valence-corrected chi connectivity index (χ2v) is 5.39. The Morgan fingerprint density at radius 2 is 2.17 bits per heavy atom. The summed E-state index contributed by atoms with van der Waals surface area (Å²) in [6, 6.07) is 3.47. The number of ether oxygens (including phenoxy) is 1. The SMILES string of the molecule is COC(=O)C(C)CN(CCCNC(C)=O)C(=O)/C=C/c1ccco1. The van der Waals surface area contributed by atoms with Crippen molar-refractivity contribution in [3.63, 3.8) is 0 Å². The zero-order valence-corrected chi connectivity index (χ0v) is 14.3. The highest BCUT2D eigenvalue weighted by molar-refractivity contribution is 5.91. The molecule has 7 nitrogen and oxygen atoms in total. The van der Waals surface area contributed by atoms with Gasteiger partial charge in [-0.15, -0.1) is 0 Å². The lowest BCUT2D eigenvalue weighted by molar-refractivity contribution is -0.146. The van der Waals surface area contributed by atoms with Crippen LogP contribution in [0.3, 0.4) is 0 Å². The van der Waals surface area contributed by atoms with Gasteiger partial charge in [0.05, 0.1) is 19.3 Å². The third kappa shape index (κ3) is 7.13. The normalized spacial score (nSPS) is 12.0. The Morgan fingerprint density at radius 3 is 2.75 bits per heavy atom. The number of nitrogens with zero attached hydrogens (tertiary/aromatic N) is 1. The van der Waals surface area contributed by atoms with E-state index >= 15 is 0 Å². The maximum atomic E-state index is 12.4. The Hall–Kier alpha value is -2.57. The van der Waals surface area contributed by atoms with E-state index in [1.807, 2.05) is 0 Å². The van der Waals surface area contributed by atoms with Crippen molar-refractivity contribution in [2.24, 2.45) is 5.92 Å². The van der Waals surface area contributed by atoms with Crippen molar-refractivity contribution in [1.82, 2.24) is 10.2 Å². The minimum atomic E-state index is -0.434. The molecule has 1 unspecified atom stereocenters. The Morgan fingerprint density at radius 1 is 1.42 bits per heavy atom. The van der Waals surface area contributed by atoms with Crippen LogP contribution in [0.2, 0.25) is 0 Å². The number of amides is 2. The monoisotopic (exact) mass is 336 g/mol. The van der Waals surface area contributed by atoms with E-state index in [-0.39, 0.29) is 24.3 Å². The van der Waals surface area contributed by atoms with Crippen molar-refractivity contribution >= 4 is 23.9 Å². The molecule has 0 aromatic carbocycles. The first-order chi connectivity index (χ1) is 11.4. The van der Waals surface area contributed by atoms with E-state index in [0.29, 0.717) is 25.3 Å². The molecule has 0 aliphatic carbocycles. The van der Waals surface area contributed by atoms with Crippen LogP contribution in [0.4, 0.5) is 0 Å². The van der Waals surface area contributed by atoms with Gasteiger partial charge in [-0.1, -0.05) is 6.92 Å². The quantitative estimate of drug-likeness (QED) is 0.419. The maximum Gasteiger partial charge on any atom is 0.310 e. The zero-order valence-electron chi connectivity index (χ0n) is 14.3. The summed E-state index contributed by atoms with van der Waals surface area (Å²) >= 11 is 0. The van der Waals surface area contributed by atoms with Crippen molar-refractivity contribution in [2.45, 2.75) is 20.3 Å². The molecule has 1 N–H and O–H groups in total. The zero-order chi connectivity index (χ0) is 17.9. The Kier molecular flexibility index (Phi) is 8.32. The molecule has 1 aromatic heterocycles. The minimum Gasteiger partial charge on any atom is -0.469 e. The highest BCUT2D eigenvalue weighted by atomic mass is 16.5. The van der Waals surface area contributed by atoms with E-state index in [0.717, 1.165) is 0 Å². The number of rotatable bonds is 9. The van der Waals surface area contributed by atoms with Gasteiger partial charge in [-0.3, -0.25) is 14.4 Å². The summed E-state index contributed by atoms with van der Waals surface area (Å²) in [5.41, 5.74) is 0. The summed E-state index contributed by atoms with van der Waals surface area (Å²) in [7, 11) is 1.32. The van der Waals surface area contributed by atoms with Gasteiger partial charge in [-0.25, -0.2) is 0 Å². The predicted molar refractivity (Wildman–Crippen MR) is 88.8 cm³/mol. The molecule has 0 aliphatic heterocycles. The second-order valence-electron chi connectivity index (χ2n) is 5.39. The number of esters is 1. The Balaban J connectivity index is 2.65. The van der Waals surface area contributed by atoms with Crippen LogP contribution in [0.5, 0.6) is 0 Å². The van der Waals surface area contributed by atoms with Gasteiger partial charge in [0.1, 0.15) is 5.76 Å². The summed E-state index contributed by atoms with van der Waals surface area (Å²) in [5.74, 6) is -0.581. The van der Waals surface area contributed by atoms with E-state index < -0.39 is 5.92 Å². The summed E-state index contributed by atoms with van der Waals surface area (Å²) in [6.45, 7) is 4.27. The number of nitrogens with one attached hydrogen (secondary N) is 1.